The maximum absolute atomic E-state index is 12.6. The highest BCUT2D eigenvalue weighted by Gasteiger charge is 2.21. The first kappa shape index (κ1) is 24.4. The van der Waals surface area contributed by atoms with Crippen molar-refractivity contribution in [3.05, 3.63) is 53.6 Å². The number of hydroxylamine groups is 1. The third kappa shape index (κ3) is 7.15. The van der Waals surface area contributed by atoms with Gasteiger partial charge in [0.2, 0.25) is 5.96 Å². The van der Waals surface area contributed by atoms with Gasteiger partial charge in [-0.15, -0.1) is 0 Å². The largest absolute Gasteiger partial charge is 0.493 e. The number of hydrazine groups is 1. The van der Waals surface area contributed by atoms with Gasteiger partial charge in [-0.05, 0) is 43.2 Å². The lowest BCUT2D eigenvalue weighted by Gasteiger charge is -2.20. The van der Waals surface area contributed by atoms with Gasteiger partial charge in [0.05, 0.1) is 12.2 Å². The van der Waals surface area contributed by atoms with Gasteiger partial charge in [-0.25, -0.2) is 4.79 Å². The number of nitrogens with two attached hydrogens (primary N) is 1. The molecule has 12 heteroatoms. The molecule has 0 spiro atoms. The van der Waals surface area contributed by atoms with Gasteiger partial charge in [0.15, 0.2) is 0 Å². The Hall–Kier alpha value is -3.82. The number of carbonyl (C=O) groups is 1. The van der Waals surface area contributed by atoms with Gasteiger partial charge in [0.1, 0.15) is 22.5 Å². The van der Waals surface area contributed by atoms with Crippen LogP contribution in [0, 0.1) is 23.7 Å². The van der Waals surface area contributed by atoms with Gasteiger partial charge in [0.25, 0.3) is 0 Å². The van der Waals surface area contributed by atoms with E-state index in [2.05, 4.69) is 5.43 Å². The van der Waals surface area contributed by atoms with Crippen LogP contribution in [0.3, 0.4) is 0 Å². The molecule has 0 aliphatic carbocycles. The molecule has 2 rings (SSSR count). The number of nitriles is 1. The van der Waals surface area contributed by atoms with Crippen LogP contribution in [0.1, 0.15) is 24.5 Å². The molecule has 0 atom stereocenters. The Morgan fingerprint density at radius 1 is 1.25 bits per heavy atom. The number of carbonyl (C=O) groups excluding carboxylic acids is 1. The fraction of sp³-hybridized carbons (Fsp3) is 0.250. The molecule has 2 aromatic rings. The standard InChI is InChI=1S/C20H23N5O6S/c1-14-10-17(29-9-5-8-24-25(20(22)23)30-15(2)26)12-18(11-14)31-32(27,28)19-7-4-3-6-16(19)13-21/h3-4,6-7,10-12,24H,5,8-9H2,1-2H3,(H3,22,23). The first-order valence-electron chi connectivity index (χ1n) is 9.36. The van der Waals surface area contributed by atoms with E-state index in [1.54, 1.807) is 19.1 Å². The topological polar surface area (TPSA) is 168 Å². The number of rotatable bonds is 9. The van der Waals surface area contributed by atoms with Crippen LogP contribution >= 0.6 is 0 Å². The van der Waals surface area contributed by atoms with Gasteiger partial charge in [0, 0.05) is 19.5 Å². The van der Waals surface area contributed by atoms with Gasteiger partial charge in [-0.3, -0.25) is 5.41 Å². The predicted molar refractivity (Wildman–Crippen MR) is 114 cm³/mol. The summed E-state index contributed by atoms with van der Waals surface area (Å²) in [6.07, 6.45) is 0.447. The molecule has 0 heterocycles. The first-order chi connectivity index (χ1) is 15.1. The zero-order valence-corrected chi connectivity index (χ0v) is 18.3. The summed E-state index contributed by atoms with van der Waals surface area (Å²) in [5.41, 5.74) is 8.63. The fourth-order valence-electron chi connectivity index (χ4n) is 2.53. The maximum Gasteiger partial charge on any atom is 0.340 e. The van der Waals surface area contributed by atoms with E-state index in [4.69, 9.17) is 30.2 Å². The molecule has 2 aromatic carbocycles. The van der Waals surface area contributed by atoms with E-state index in [-0.39, 0.29) is 29.4 Å². The normalized spacial score (nSPS) is 10.7. The second-order valence-corrected chi connectivity index (χ2v) is 8.01. The Kier molecular flexibility index (Phi) is 8.39. The molecular weight excluding hydrogens is 438 g/mol. The molecule has 0 radical (unpaired) electrons. The molecule has 0 aliphatic heterocycles. The van der Waals surface area contributed by atoms with Crippen LogP contribution in [-0.2, 0) is 19.8 Å². The Morgan fingerprint density at radius 3 is 2.59 bits per heavy atom. The molecule has 32 heavy (non-hydrogen) atoms. The number of aryl methyl sites for hydroxylation is 1. The minimum Gasteiger partial charge on any atom is -0.493 e. The van der Waals surface area contributed by atoms with Crippen molar-refractivity contribution in [2.75, 3.05) is 13.2 Å². The molecular formula is C20H23N5O6S. The van der Waals surface area contributed by atoms with Gasteiger partial charge < -0.3 is 19.5 Å². The van der Waals surface area contributed by atoms with Crippen molar-refractivity contribution in [2.45, 2.75) is 25.2 Å². The molecule has 0 fully saturated rings. The van der Waals surface area contributed by atoms with E-state index < -0.39 is 22.0 Å². The number of guanidine groups is 1. The Morgan fingerprint density at radius 2 is 1.94 bits per heavy atom. The van der Waals surface area contributed by atoms with E-state index in [1.165, 1.54) is 37.3 Å². The summed E-state index contributed by atoms with van der Waals surface area (Å²) in [5, 5.41) is 17.2. The minimum atomic E-state index is -4.21. The Labute approximate surface area is 185 Å². The smallest absolute Gasteiger partial charge is 0.340 e. The van der Waals surface area contributed by atoms with Crippen molar-refractivity contribution in [2.24, 2.45) is 5.73 Å². The summed E-state index contributed by atoms with van der Waals surface area (Å²) in [7, 11) is -4.21. The molecule has 0 bridgehead atoms. The maximum atomic E-state index is 12.6. The number of nitrogens with zero attached hydrogens (tertiary/aromatic N) is 2. The molecule has 0 unspecified atom stereocenters. The number of benzene rings is 2. The summed E-state index contributed by atoms with van der Waals surface area (Å²) in [6, 6.07) is 12.3. The van der Waals surface area contributed by atoms with Crippen molar-refractivity contribution in [3.63, 3.8) is 0 Å². The van der Waals surface area contributed by atoms with Crippen molar-refractivity contribution < 1.29 is 27.0 Å². The Bertz CT molecular complexity index is 1130. The van der Waals surface area contributed by atoms with E-state index >= 15 is 0 Å². The van der Waals surface area contributed by atoms with Crippen LogP contribution in [0.25, 0.3) is 0 Å². The number of nitrogens with one attached hydrogen (secondary N) is 2. The quantitative estimate of drug-likeness (QED) is 0.164. The highest BCUT2D eigenvalue weighted by Crippen LogP contribution is 2.26. The highest BCUT2D eigenvalue weighted by molar-refractivity contribution is 7.87. The van der Waals surface area contributed by atoms with Crippen molar-refractivity contribution in [3.8, 4) is 17.6 Å². The average Bonchev–Trinajstić information content (AvgIpc) is 2.71. The molecule has 0 saturated heterocycles. The van der Waals surface area contributed by atoms with Crippen molar-refractivity contribution in [1.29, 1.82) is 10.7 Å². The van der Waals surface area contributed by atoms with Gasteiger partial charge in [-0.1, -0.05) is 17.3 Å². The summed E-state index contributed by atoms with van der Waals surface area (Å²) in [6.45, 7) is 3.44. The fourth-order valence-corrected chi connectivity index (χ4v) is 3.60. The van der Waals surface area contributed by atoms with Crippen LogP contribution < -0.4 is 20.1 Å². The average molecular weight is 462 g/mol. The molecule has 4 N–H and O–H groups in total. The first-order valence-corrected chi connectivity index (χ1v) is 10.8. The second-order valence-electron chi connectivity index (χ2n) is 6.50. The third-order valence-corrected chi connectivity index (χ3v) is 5.10. The number of hydrogen-bond acceptors (Lipinski definition) is 9. The highest BCUT2D eigenvalue weighted by atomic mass is 32.2. The minimum absolute atomic E-state index is 0.0162. The summed E-state index contributed by atoms with van der Waals surface area (Å²) < 4.78 is 36.1. The third-order valence-electron chi connectivity index (χ3n) is 3.79. The summed E-state index contributed by atoms with van der Waals surface area (Å²) in [4.78, 5) is 15.5. The summed E-state index contributed by atoms with van der Waals surface area (Å²) >= 11 is 0. The SMILES string of the molecule is CC(=O)ON(NCCCOc1cc(C)cc(OS(=O)(=O)c2ccccc2C#N)c1)C(=N)N. The molecule has 170 valence electrons. The van der Waals surface area contributed by atoms with E-state index in [0.717, 1.165) is 5.17 Å². The molecule has 0 aromatic heterocycles. The van der Waals surface area contributed by atoms with Crippen molar-refractivity contribution in [1.82, 2.24) is 10.6 Å². The second kappa shape index (κ2) is 11.0. The van der Waals surface area contributed by atoms with Crippen LogP contribution in [0.4, 0.5) is 0 Å². The van der Waals surface area contributed by atoms with Gasteiger partial charge >= 0.3 is 16.1 Å². The molecule has 11 nitrogen and oxygen atoms in total. The lowest BCUT2D eigenvalue weighted by molar-refractivity contribution is -0.180. The molecule has 0 amide bonds. The van der Waals surface area contributed by atoms with E-state index in [0.29, 0.717) is 17.7 Å². The molecule has 0 saturated carbocycles. The Balaban J connectivity index is 1.99. The van der Waals surface area contributed by atoms with Crippen LogP contribution in [0.2, 0.25) is 0 Å². The lowest BCUT2D eigenvalue weighted by Crippen LogP contribution is -2.47. The number of ether oxygens (including phenoxy) is 1. The molecule has 0 aliphatic rings. The van der Waals surface area contributed by atoms with E-state index in [1.807, 2.05) is 6.07 Å². The zero-order valence-electron chi connectivity index (χ0n) is 17.5. The summed E-state index contributed by atoms with van der Waals surface area (Å²) in [5.74, 6) is -0.694. The lowest BCUT2D eigenvalue weighted by atomic mass is 10.2. The zero-order chi connectivity index (χ0) is 23.7. The van der Waals surface area contributed by atoms with E-state index in [9.17, 15) is 13.2 Å². The van der Waals surface area contributed by atoms with Crippen LogP contribution in [-0.4, -0.2) is 38.7 Å². The monoisotopic (exact) mass is 461 g/mol. The van der Waals surface area contributed by atoms with Crippen LogP contribution in [0.15, 0.2) is 47.4 Å². The predicted octanol–water partition coefficient (Wildman–Crippen LogP) is 1.58. The van der Waals surface area contributed by atoms with Gasteiger partial charge in [-0.2, -0.15) is 19.1 Å². The van der Waals surface area contributed by atoms with Crippen molar-refractivity contribution >= 4 is 22.0 Å². The number of hydrogen-bond donors (Lipinski definition) is 3. The van der Waals surface area contributed by atoms with Crippen LogP contribution in [0.5, 0.6) is 11.5 Å².